The number of hydrogen-bond donors (Lipinski definition) is 1. The summed E-state index contributed by atoms with van der Waals surface area (Å²) in [6.07, 6.45) is 4.71. The number of benzene rings is 2. The van der Waals surface area contributed by atoms with Crippen LogP contribution in [0, 0.1) is 0 Å². The summed E-state index contributed by atoms with van der Waals surface area (Å²) in [5.41, 5.74) is 8.48. The molecular formula is C24H30N2O5. The smallest absolute Gasteiger partial charge is 0.330 e. The lowest BCUT2D eigenvalue weighted by molar-refractivity contribution is -0.137. The van der Waals surface area contributed by atoms with Crippen LogP contribution in [0.15, 0.2) is 54.6 Å². The second kappa shape index (κ2) is 12.4. The number of carbonyl (C=O) groups excluding carboxylic acids is 2. The topological polar surface area (TPSA) is 91.1 Å². The van der Waals surface area contributed by atoms with Gasteiger partial charge in [0.25, 0.3) is 5.91 Å². The van der Waals surface area contributed by atoms with Crippen molar-refractivity contribution in [1.29, 1.82) is 0 Å². The summed E-state index contributed by atoms with van der Waals surface area (Å²) in [6, 6.07) is 12.6. The number of nitrogen functional groups attached to an aromatic ring is 1. The second-order valence-electron chi connectivity index (χ2n) is 6.80. The third-order valence-corrected chi connectivity index (χ3v) is 4.60. The molecular weight excluding hydrogens is 396 g/mol. The van der Waals surface area contributed by atoms with Crippen LogP contribution in [0.5, 0.6) is 5.75 Å². The molecule has 0 aromatic heterocycles. The molecule has 2 rings (SSSR count). The lowest BCUT2D eigenvalue weighted by Crippen LogP contribution is -2.27. The molecule has 0 radical (unpaired) electrons. The molecule has 0 atom stereocenters. The van der Waals surface area contributed by atoms with Crippen molar-refractivity contribution in [1.82, 2.24) is 0 Å². The molecule has 0 saturated carbocycles. The quantitative estimate of drug-likeness (QED) is 0.253. The minimum atomic E-state index is -0.330. The zero-order valence-corrected chi connectivity index (χ0v) is 18.3. The lowest BCUT2D eigenvalue weighted by Gasteiger charge is -2.21. The van der Waals surface area contributed by atoms with Gasteiger partial charge in [-0.15, -0.1) is 0 Å². The summed E-state index contributed by atoms with van der Waals surface area (Å²) in [7, 11) is 3.24. The molecule has 1 amide bonds. The maximum absolute atomic E-state index is 13.0. The number of amides is 1. The van der Waals surface area contributed by atoms with Crippen molar-refractivity contribution in [2.75, 3.05) is 38.0 Å². The lowest BCUT2D eigenvalue weighted by atomic mass is 10.1. The molecule has 0 saturated heterocycles. The maximum atomic E-state index is 13.0. The Hall–Kier alpha value is -3.32. The number of methoxy groups -OCH3 is 1. The minimum absolute atomic E-state index is 0.171. The molecule has 0 unspecified atom stereocenters. The number of unbranched alkanes of at least 4 members (excludes halogenated alkanes) is 1. The van der Waals surface area contributed by atoms with E-state index >= 15 is 0 Å². The number of anilines is 2. The Morgan fingerprint density at radius 2 is 1.94 bits per heavy atom. The Morgan fingerprint density at radius 1 is 1.16 bits per heavy atom. The van der Waals surface area contributed by atoms with Crippen LogP contribution in [-0.2, 0) is 20.9 Å². The molecule has 0 fully saturated rings. The van der Waals surface area contributed by atoms with Crippen molar-refractivity contribution >= 4 is 23.3 Å². The highest BCUT2D eigenvalue weighted by Gasteiger charge is 2.17. The predicted octanol–water partition coefficient (Wildman–Crippen LogP) is 3.97. The number of rotatable bonds is 11. The number of hydrogen-bond acceptors (Lipinski definition) is 6. The van der Waals surface area contributed by atoms with Crippen LogP contribution in [0.3, 0.4) is 0 Å². The molecule has 166 valence electrons. The highest BCUT2D eigenvalue weighted by atomic mass is 16.5. The third kappa shape index (κ3) is 7.15. The van der Waals surface area contributed by atoms with Gasteiger partial charge in [0, 0.05) is 36.5 Å². The Labute approximate surface area is 183 Å². The van der Waals surface area contributed by atoms with Gasteiger partial charge in [0.15, 0.2) is 0 Å². The van der Waals surface area contributed by atoms with Crippen molar-refractivity contribution in [3.05, 3.63) is 65.7 Å². The largest absolute Gasteiger partial charge is 0.495 e. The number of allylic oxidation sites excluding steroid dienone is 1. The van der Waals surface area contributed by atoms with Gasteiger partial charge in [-0.3, -0.25) is 4.79 Å². The van der Waals surface area contributed by atoms with E-state index in [2.05, 4.69) is 0 Å². The highest BCUT2D eigenvalue weighted by Crippen LogP contribution is 2.26. The van der Waals surface area contributed by atoms with E-state index in [9.17, 15) is 9.59 Å². The summed E-state index contributed by atoms with van der Waals surface area (Å²) in [5, 5.41) is 0. The van der Waals surface area contributed by atoms with Crippen LogP contribution in [0.4, 0.5) is 11.4 Å². The van der Waals surface area contributed by atoms with Crippen LogP contribution in [0.2, 0.25) is 0 Å². The third-order valence-electron chi connectivity index (χ3n) is 4.60. The van der Waals surface area contributed by atoms with Crippen LogP contribution in [0.25, 0.3) is 0 Å². The minimum Gasteiger partial charge on any atom is -0.495 e. The molecule has 7 heteroatoms. The van der Waals surface area contributed by atoms with Gasteiger partial charge < -0.3 is 24.8 Å². The van der Waals surface area contributed by atoms with Crippen molar-refractivity contribution in [2.24, 2.45) is 0 Å². The Kier molecular flexibility index (Phi) is 9.58. The Morgan fingerprint density at radius 3 is 2.68 bits per heavy atom. The SMILES string of the molecule is CCOC(=O)/C=C/CCCOCc1ccccc1N(C)C(=O)c1ccc(N)c(OC)c1. The number of nitrogens with two attached hydrogens (primary N) is 1. The number of esters is 1. The molecule has 0 heterocycles. The molecule has 7 nitrogen and oxygen atoms in total. The predicted molar refractivity (Wildman–Crippen MR) is 121 cm³/mol. The fraction of sp³-hybridized carbons (Fsp3) is 0.333. The normalized spacial score (nSPS) is 10.8. The fourth-order valence-corrected chi connectivity index (χ4v) is 2.96. The van der Waals surface area contributed by atoms with Crippen molar-refractivity contribution < 1.29 is 23.8 Å². The van der Waals surface area contributed by atoms with E-state index in [1.54, 1.807) is 43.1 Å². The van der Waals surface area contributed by atoms with Crippen molar-refractivity contribution in [2.45, 2.75) is 26.4 Å². The van der Waals surface area contributed by atoms with Gasteiger partial charge in [0.2, 0.25) is 0 Å². The zero-order chi connectivity index (χ0) is 22.6. The molecule has 2 aromatic rings. The number of para-hydroxylation sites is 1. The monoisotopic (exact) mass is 426 g/mol. The summed E-state index contributed by atoms with van der Waals surface area (Å²) >= 11 is 0. The zero-order valence-electron chi connectivity index (χ0n) is 18.3. The van der Waals surface area contributed by atoms with E-state index in [4.69, 9.17) is 19.9 Å². The summed E-state index contributed by atoms with van der Waals surface area (Å²) in [6.45, 7) is 3.05. The average molecular weight is 427 g/mol. The van der Waals surface area contributed by atoms with E-state index in [1.165, 1.54) is 13.2 Å². The van der Waals surface area contributed by atoms with E-state index in [-0.39, 0.29) is 11.9 Å². The van der Waals surface area contributed by atoms with Gasteiger partial charge in [-0.25, -0.2) is 4.79 Å². The molecule has 0 spiro atoms. The molecule has 2 N–H and O–H groups in total. The van der Waals surface area contributed by atoms with Gasteiger partial charge in [-0.2, -0.15) is 0 Å². The summed E-state index contributed by atoms with van der Waals surface area (Å²) < 4.78 is 15.8. The van der Waals surface area contributed by atoms with E-state index in [0.29, 0.717) is 36.8 Å². The van der Waals surface area contributed by atoms with Crippen LogP contribution >= 0.6 is 0 Å². The first-order chi connectivity index (χ1) is 15.0. The first-order valence-corrected chi connectivity index (χ1v) is 10.2. The molecule has 0 aliphatic heterocycles. The summed E-state index contributed by atoms with van der Waals surface area (Å²) in [4.78, 5) is 25.8. The van der Waals surface area contributed by atoms with E-state index in [1.807, 2.05) is 24.3 Å². The van der Waals surface area contributed by atoms with Crippen LogP contribution < -0.4 is 15.4 Å². The first-order valence-electron chi connectivity index (χ1n) is 10.2. The second-order valence-corrected chi connectivity index (χ2v) is 6.80. The van der Waals surface area contributed by atoms with Gasteiger partial charge in [-0.05, 0) is 44.0 Å². The molecule has 2 aromatic carbocycles. The van der Waals surface area contributed by atoms with Crippen molar-refractivity contribution in [3.8, 4) is 5.75 Å². The first kappa shape index (κ1) is 24.0. The van der Waals surface area contributed by atoms with Crippen molar-refractivity contribution in [3.63, 3.8) is 0 Å². The molecule has 0 aliphatic rings. The number of carbonyl (C=O) groups is 2. The number of ether oxygens (including phenoxy) is 3. The number of nitrogens with zero attached hydrogens (tertiary/aromatic N) is 1. The Balaban J connectivity index is 1.94. The Bertz CT molecular complexity index is 911. The molecule has 31 heavy (non-hydrogen) atoms. The van der Waals surface area contributed by atoms with E-state index < -0.39 is 0 Å². The van der Waals surface area contributed by atoms with Gasteiger partial charge >= 0.3 is 5.97 Å². The van der Waals surface area contributed by atoms with Crippen LogP contribution in [-0.4, -0.2) is 39.2 Å². The van der Waals surface area contributed by atoms with Gasteiger partial charge in [0.05, 0.1) is 26.0 Å². The van der Waals surface area contributed by atoms with E-state index in [0.717, 1.165) is 24.1 Å². The molecule has 0 aliphatic carbocycles. The fourth-order valence-electron chi connectivity index (χ4n) is 2.96. The maximum Gasteiger partial charge on any atom is 0.330 e. The summed E-state index contributed by atoms with van der Waals surface area (Å²) in [5.74, 6) is -0.0356. The van der Waals surface area contributed by atoms with Gasteiger partial charge in [0.1, 0.15) is 5.75 Å². The van der Waals surface area contributed by atoms with Gasteiger partial charge in [-0.1, -0.05) is 24.3 Å². The average Bonchev–Trinajstić information content (AvgIpc) is 2.78. The molecule has 0 bridgehead atoms. The standard InChI is InChI=1S/C24H30N2O5/c1-4-31-23(27)12-6-5-9-15-30-17-19-10-7-8-11-21(19)26(2)24(28)18-13-14-20(25)22(16-18)29-3/h6-8,10-14,16H,4-5,9,15,17,25H2,1-3H3/b12-6+. The highest BCUT2D eigenvalue weighted by molar-refractivity contribution is 6.06. The van der Waals surface area contributed by atoms with Crippen LogP contribution in [0.1, 0.15) is 35.7 Å².